The zero-order valence-electron chi connectivity index (χ0n) is 23.1. The maximum Gasteiger partial charge on any atom is 0.419 e. The van der Waals surface area contributed by atoms with E-state index in [0.29, 0.717) is 22.6 Å². The Morgan fingerprint density at radius 3 is 2.27 bits per heavy atom. The molecule has 1 heterocycles. The number of hydrogen-bond donors (Lipinski definition) is 0. The van der Waals surface area contributed by atoms with Crippen molar-refractivity contribution in [3.63, 3.8) is 0 Å². The van der Waals surface area contributed by atoms with E-state index in [1.807, 2.05) is 12.1 Å². The predicted molar refractivity (Wildman–Crippen MR) is 139 cm³/mol. The number of benzene rings is 1. The Hall–Kier alpha value is -4.16. The summed E-state index contributed by atoms with van der Waals surface area (Å²) in [4.78, 5) is 42.6. The molecule has 2 bridgehead atoms. The van der Waals surface area contributed by atoms with Crippen molar-refractivity contribution >= 4 is 18.0 Å². The fraction of sp³-hybridized carbons (Fsp3) is 0.429. The van der Waals surface area contributed by atoms with Gasteiger partial charge in [-0.05, 0) is 23.3 Å². The first kappa shape index (κ1) is 28.8. The van der Waals surface area contributed by atoms with Crippen molar-refractivity contribution in [3.05, 3.63) is 66.3 Å². The van der Waals surface area contributed by atoms with Gasteiger partial charge < -0.3 is 33.2 Å². The highest BCUT2D eigenvalue weighted by atomic mass is 16.7. The molecule has 5 atom stereocenters. The highest BCUT2D eigenvalue weighted by Gasteiger charge is 2.67. The normalized spacial score (nSPS) is 24.8. The van der Waals surface area contributed by atoms with E-state index in [9.17, 15) is 14.4 Å². The number of fused-ring (bicyclic) bond motifs is 2. The number of imidazole rings is 1. The quantitative estimate of drug-likeness (QED) is 0.195. The van der Waals surface area contributed by atoms with Gasteiger partial charge in [0.05, 0.1) is 40.3 Å². The van der Waals surface area contributed by atoms with Crippen molar-refractivity contribution in [2.45, 2.75) is 17.8 Å². The average Bonchev–Trinajstić information content (AvgIpc) is 3.54. The largest absolute Gasteiger partial charge is 0.493 e. The van der Waals surface area contributed by atoms with Crippen LogP contribution in [0.4, 0.5) is 4.79 Å². The Labute approximate surface area is 231 Å². The van der Waals surface area contributed by atoms with Crippen molar-refractivity contribution in [2.24, 2.45) is 17.8 Å². The van der Waals surface area contributed by atoms with Crippen LogP contribution in [0.3, 0.4) is 0 Å². The highest BCUT2D eigenvalue weighted by molar-refractivity contribution is 5.83. The molecule has 2 aromatic rings. The number of methoxy groups -OCH3 is 6. The van der Waals surface area contributed by atoms with Gasteiger partial charge in [0, 0.05) is 44.5 Å². The first-order valence-corrected chi connectivity index (χ1v) is 12.4. The minimum atomic E-state index is -1.63. The lowest BCUT2D eigenvalue weighted by atomic mass is 9.53. The molecule has 1 fully saturated rings. The molecule has 3 aliphatic carbocycles. The Kier molecular flexibility index (Phi) is 8.60. The van der Waals surface area contributed by atoms with Gasteiger partial charge in [-0.3, -0.25) is 4.79 Å². The Balaban J connectivity index is 1.95. The van der Waals surface area contributed by atoms with Gasteiger partial charge in [-0.15, -0.1) is 0 Å². The van der Waals surface area contributed by atoms with Gasteiger partial charge in [-0.2, -0.15) is 0 Å². The monoisotopic (exact) mass is 556 g/mol. The summed E-state index contributed by atoms with van der Waals surface area (Å²) in [5.41, 5.74) is 1.26. The molecule has 0 radical (unpaired) electrons. The molecule has 0 spiro atoms. The van der Waals surface area contributed by atoms with Gasteiger partial charge in [0.25, 0.3) is 0 Å². The summed E-state index contributed by atoms with van der Waals surface area (Å²) < 4.78 is 40.2. The lowest BCUT2D eigenvalue weighted by Crippen LogP contribution is -2.67. The zero-order chi connectivity index (χ0) is 29.0. The number of ether oxygens (including phenoxy) is 7. The van der Waals surface area contributed by atoms with E-state index in [0.717, 1.165) is 0 Å². The van der Waals surface area contributed by atoms with Gasteiger partial charge >= 0.3 is 18.0 Å². The maximum absolute atomic E-state index is 13.5. The summed E-state index contributed by atoms with van der Waals surface area (Å²) in [5, 5.41) is 0. The molecule has 1 aromatic heterocycles. The number of carbonyl (C=O) groups excluding carboxylic acids is 3. The summed E-state index contributed by atoms with van der Waals surface area (Å²) in [7, 11) is 8.41. The first-order valence-electron chi connectivity index (χ1n) is 12.4. The second-order valence-electron chi connectivity index (χ2n) is 9.17. The van der Waals surface area contributed by atoms with Crippen LogP contribution in [0.15, 0.2) is 60.7 Å². The van der Waals surface area contributed by atoms with Crippen molar-refractivity contribution in [2.75, 3.05) is 42.7 Å². The molecule has 5 rings (SSSR count). The number of rotatable bonds is 9. The van der Waals surface area contributed by atoms with E-state index in [1.54, 1.807) is 18.2 Å². The Morgan fingerprint density at radius 1 is 0.975 bits per heavy atom. The Morgan fingerprint density at radius 2 is 1.70 bits per heavy atom. The topological polar surface area (TPSA) is 134 Å². The molecule has 214 valence electrons. The van der Waals surface area contributed by atoms with Gasteiger partial charge in [-0.1, -0.05) is 18.2 Å². The van der Waals surface area contributed by atoms with E-state index in [4.69, 9.17) is 33.2 Å². The minimum Gasteiger partial charge on any atom is -0.493 e. The third kappa shape index (κ3) is 4.84. The molecule has 12 heteroatoms. The second-order valence-corrected chi connectivity index (χ2v) is 9.17. The summed E-state index contributed by atoms with van der Waals surface area (Å²) in [6.45, 7) is 0. The van der Waals surface area contributed by atoms with Gasteiger partial charge in [0.2, 0.25) is 5.79 Å². The fourth-order valence-electron chi connectivity index (χ4n) is 5.85. The summed E-state index contributed by atoms with van der Waals surface area (Å²) in [5.74, 6) is -4.80. The molecular formula is C28H32N2O10. The van der Waals surface area contributed by atoms with Crippen LogP contribution in [0.2, 0.25) is 0 Å². The van der Waals surface area contributed by atoms with Crippen LogP contribution >= 0.6 is 0 Å². The number of allylic oxidation sites excluding steroid dienone is 1. The highest BCUT2D eigenvalue weighted by Crippen LogP contribution is 2.60. The van der Waals surface area contributed by atoms with Crippen molar-refractivity contribution in [1.82, 2.24) is 9.55 Å². The smallest absolute Gasteiger partial charge is 0.419 e. The summed E-state index contributed by atoms with van der Waals surface area (Å²) in [6.07, 6.45) is 7.12. The van der Waals surface area contributed by atoms with Crippen LogP contribution in [0, 0.1) is 17.8 Å². The molecule has 3 aliphatic rings. The molecular weight excluding hydrogens is 524 g/mol. The maximum atomic E-state index is 13.5. The number of aromatic nitrogens is 2. The molecule has 1 aromatic carbocycles. The molecule has 5 unspecified atom stereocenters. The molecule has 1 saturated carbocycles. The van der Waals surface area contributed by atoms with Crippen LogP contribution in [0.5, 0.6) is 11.5 Å². The van der Waals surface area contributed by atoms with E-state index in [2.05, 4.69) is 4.98 Å². The molecule has 40 heavy (non-hydrogen) atoms. The third-order valence-corrected chi connectivity index (χ3v) is 7.54. The summed E-state index contributed by atoms with van der Waals surface area (Å²) >= 11 is 0. The molecule has 0 saturated heterocycles. The zero-order valence-corrected chi connectivity index (χ0v) is 23.1. The lowest BCUT2D eigenvalue weighted by molar-refractivity contribution is -0.315. The molecule has 12 nitrogen and oxygen atoms in total. The number of carbonyl (C=O) groups is 3. The molecule has 0 N–H and O–H groups in total. The first-order chi connectivity index (χ1) is 19.3. The van der Waals surface area contributed by atoms with E-state index in [1.165, 1.54) is 72.0 Å². The SMILES string of the molecule is COC(=O)/C=C/C1=CC2C(c3ccc(OC)c(OC)c3)C(C(=O)OC)C1C(OC)(OC)C2OC(=O)n1ccnc1. The number of hydrogen-bond acceptors (Lipinski definition) is 11. The van der Waals surface area contributed by atoms with Crippen molar-refractivity contribution in [1.29, 1.82) is 0 Å². The van der Waals surface area contributed by atoms with E-state index in [-0.39, 0.29) is 0 Å². The van der Waals surface area contributed by atoms with Crippen LogP contribution in [0.25, 0.3) is 0 Å². The molecule has 0 aliphatic heterocycles. The predicted octanol–water partition coefficient (Wildman–Crippen LogP) is 2.73. The van der Waals surface area contributed by atoms with Crippen molar-refractivity contribution in [3.8, 4) is 11.5 Å². The number of nitrogens with zero attached hydrogens (tertiary/aromatic N) is 2. The standard InChI is InChI=1S/C28H32N2O10/c1-34-19-9-7-16(14-20(19)35-2)22-18-13-17(8-10-21(31)36-3)24(23(22)26(32)37-4)28(38-5,39-6)25(18)40-27(33)30-12-11-29-15-30/h7-15,18,22-25H,1-6H3/b10-8+. The van der Waals surface area contributed by atoms with Crippen molar-refractivity contribution < 1.29 is 47.5 Å². The summed E-state index contributed by atoms with van der Waals surface area (Å²) in [6, 6.07) is 5.32. The Bertz CT molecular complexity index is 1300. The molecule has 0 amide bonds. The van der Waals surface area contributed by atoms with Gasteiger partial charge in [0.1, 0.15) is 6.33 Å². The minimum absolute atomic E-state index is 0.455. The number of esters is 2. The van der Waals surface area contributed by atoms with Gasteiger partial charge in [-0.25, -0.2) is 19.1 Å². The lowest BCUT2D eigenvalue weighted by Gasteiger charge is -2.58. The van der Waals surface area contributed by atoms with E-state index < -0.39 is 53.6 Å². The third-order valence-electron chi connectivity index (χ3n) is 7.54. The van der Waals surface area contributed by atoms with E-state index >= 15 is 0 Å². The van der Waals surface area contributed by atoms with Crippen LogP contribution < -0.4 is 9.47 Å². The van der Waals surface area contributed by atoms with Gasteiger partial charge in [0.15, 0.2) is 17.6 Å². The van der Waals surface area contributed by atoms with Crippen LogP contribution in [-0.2, 0) is 33.3 Å². The van der Waals surface area contributed by atoms with Crippen LogP contribution in [0.1, 0.15) is 11.5 Å². The average molecular weight is 557 g/mol. The fourth-order valence-corrected chi connectivity index (χ4v) is 5.85. The second kappa shape index (κ2) is 11.9. The van der Waals surface area contributed by atoms with Crippen LogP contribution in [-0.4, -0.2) is 82.1 Å².